The van der Waals surface area contributed by atoms with Crippen molar-refractivity contribution < 1.29 is 40.2 Å². The van der Waals surface area contributed by atoms with E-state index in [2.05, 4.69) is 25.0 Å². The fourth-order valence-electron chi connectivity index (χ4n) is 1.83. The quantitative estimate of drug-likeness (QED) is 0.362. The number of hydrogen-bond acceptors (Lipinski definition) is 5. The minimum Gasteiger partial charge on any atom is -0.435 e. The van der Waals surface area contributed by atoms with Crippen LogP contribution in [0.5, 0.6) is 11.5 Å². The maximum atomic E-state index is 12.6. The molecular weight excluding hydrogens is 423 g/mol. The van der Waals surface area contributed by atoms with Crippen LogP contribution in [0.15, 0.2) is 35.6 Å². The van der Waals surface area contributed by atoms with Gasteiger partial charge >= 0.3 is 19.4 Å². The highest BCUT2D eigenvalue weighted by Gasteiger charge is 2.31. The zero-order valence-corrected chi connectivity index (χ0v) is 14.1. The number of benzene rings is 1. The van der Waals surface area contributed by atoms with Crippen LogP contribution in [0.25, 0.3) is 0 Å². The van der Waals surface area contributed by atoms with Gasteiger partial charge in [-0.3, -0.25) is 5.43 Å². The second-order valence-electron chi connectivity index (χ2n) is 4.88. The van der Waals surface area contributed by atoms with Gasteiger partial charge in [-0.05, 0) is 18.2 Å². The van der Waals surface area contributed by atoms with Crippen molar-refractivity contribution in [3.8, 4) is 11.5 Å². The lowest BCUT2D eigenvalue weighted by Gasteiger charge is -2.11. The second kappa shape index (κ2) is 8.95. The van der Waals surface area contributed by atoms with Gasteiger partial charge in [0.2, 0.25) is 0 Å². The summed E-state index contributed by atoms with van der Waals surface area (Å²) in [5.41, 5.74) is 1.09. The Balaban J connectivity index is 2.19. The van der Waals surface area contributed by atoms with Crippen LogP contribution < -0.4 is 14.9 Å². The van der Waals surface area contributed by atoms with Gasteiger partial charge in [-0.15, -0.1) is 0 Å². The van der Waals surface area contributed by atoms with Crippen molar-refractivity contribution in [1.82, 2.24) is 4.98 Å². The fraction of sp³-hybridized carbons (Fsp3) is 0.200. The molecule has 0 saturated heterocycles. The molecule has 152 valence electrons. The number of pyridine rings is 1. The van der Waals surface area contributed by atoms with Crippen molar-refractivity contribution in [2.45, 2.75) is 19.4 Å². The summed E-state index contributed by atoms with van der Waals surface area (Å²) in [6.45, 7) is -6.43. The van der Waals surface area contributed by atoms with E-state index in [0.717, 1.165) is 24.4 Å². The number of rotatable bonds is 7. The summed E-state index contributed by atoms with van der Waals surface area (Å²) in [6.07, 6.45) is -3.17. The molecule has 1 N–H and O–H groups in total. The lowest BCUT2D eigenvalue weighted by atomic mass is 10.2. The standard InChI is InChI=1S/C15H9ClF7N3O2/c16-10-3-8(15(21,22)23)6-24-12(10)26-25-5-7-1-2-9(27-13(17)18)4-11(7)28-14(19)20/h1-6,13-14H,(H,24,26)/b25-5-. The van der Waals surface area contributed by atoms with Crippen LogP contribution in [-0.4, -0.2) is 24.4 Å². The normalized spacial score (nSPS) is 12.1. The van der Waals surface area contributed by atoms with Crippen LogP contribution in [0.2, 0.25) is 5.02 Å². The molecule has 28 heavy (non-hydrogen) atoms. The zero-order chi connectivity index (χ0) is 20.9. The van der Waals surface area contributed by atoms with Crippen molar-refractivity contribution in [3.63, 3.8) is 0 Å². The molecule has 13 heteroatoms. The first-order chi connectivity index (χ1) is 13.1. The number of nitrogens with zero attached hydrogens (tertiary/aromatic N) is 2. The molecule has 0 radical (unpaired) electrons. The highest BCUT2D eigenvalue weighted by Crippen LogP contribution is 2.32. The van der Waals surface area contributed by atoms with Gasteiger partial charge in [-0.1, -0.05) is 11.6 Å². The number of ether oxygens (including phenoxy) is 2. The topological polar surface area (TPSA) is 55.7 Å². The fourth-order valence-corrected chi connectivity index (χ4v) is 2.04. The molecule has 0 aliphatic rings. The largest absolute Gasteiger partial charge is 0.435 e. The van der Waals surface area contributed by atoms with Crippen molar-refractivity contribution >= 4 is 23.6 Å². The molecule has 0 bridgehead atoms. The first kappa shape index (κ1) is 21.5. The third kappa shape index (κ3) is 6.15. The van der Waals surface area contributed by atoms with Crippen molar-refractivity contribution in [2.24, 2.45) is 5.10 Å². The van der Waals surface area contributed by atoms with E-state index in [4.69, 9.17) is 11.6 Å². The SMILES string of the molecule is FC(F)Oc1ccc(/C=N\Nc2ncc(C(F)(F)F)cc2Cl)c(OC(F)F)c1. The van der Waals surface area contributed by atoms with Gasteiger partial charge < -0.3 is 9.47 Å². The van der Waals surface area contributed by atoms with E-state index in [1.165, 1.54) is 0 Å². The first-order valence-corrected chi connectivity index (χ1v) is 7.49. The molecule has 1 heterocycles. The molecule has 0 atom stereocenters. The van der Waals surface area contributed by atoms with E-state index in [1.807, 2.05) is 0 Å². The highest BCUT2D eigenvalue weighted by molar-refractivity contribution is 6.32. The molecule has 0 aliphatic carbocycles. The molecule has 2 rings (SSSR count). The maximum Gasteiger partial charge on any atom is 0.417 e. The van der Waals surface area contributed by atoms with E-state index >= 15 is 0 Å². The van der Waals surface area contributed by atoms with E-state index in [0.29, 0.717) is 12.3 Å². The number of alkyl halides is 7. The van der Waals surface area contributed by atoms with Crippen LogP contribution in [0.4, 0.5) is 36.6 Å². The lowest BCUT2D eigenvalue weighted by molar-refractivity contribution is -0.137. The number of aromatic nitrogens is 1. The third-order valence-electron chi connectivity index (χ3n) is 2.97. The van der Waals surface area contributed by atoms with Crippen molar-refractivity contribution in [2.75, 3.05) is 5.43 Å². The Morgan fingerprint density at radius 2 is 1.75 bits per heavy atom. The van der Waals surface area contributed by atoms with Gasteiger partial charge in [0.25, 0.3) is 0 Å². The van der Waals surface area contributed by atoms with E-state index in [1.54, 1.807) is 0 Å². The number of anilines is 1. The van der Waals surface area contributed by atoms with Crippen LogP contribution >= 0.6 is 11.6 Å². The van der Waals surface area contributed by atoms with Crippen LogP contribution in [0.3, 0.4) is 0 Å². The second-order valence-corrected chi connectivity index (χ2v) is 5.29. The summed E-state index contributed by atoms with van der Waals surface area (Å²) < 4.78 is 95.3. The van der Waals surface area contributed by atoms with E-state index in [-0.39, 0.29) is 11.4 Å². The molecule has 0 fully saturated rings. The predicted octanol–water partition coefficient (Wildman–Crippen LogP) is 5.40. The number of hydrazone groups is 1. The van der Waals surface area contributed by atoms with Gasteiger partial charge in [0, 0.05) is 17.8 Å². The molecule has 0 spiro atoms. The third-order valence-corrected chi connectivity index (χ3v) is 3.26. The molecule has 1 aromatic heterocycles. The summed E-state index contributed by atoms with van der Waals surface area (Å²) in [4.78, 5) is 3.46. The molecule has 1 aromatic carbocycles. The predicted molar refractivity (Wildman–Crippen MR) is 85.2 cm³/mol. The van der Waals surface area contributed by atoms with Crippen LogP contribution in [0, 0.1) is 0 Å². The average molecular weight is 432 g/mol. The Morgan fingerprint density at radius 1 is 1.07 bits per heavy atom. The Hall–Kier alpha value is -2.76. The Labute approximate surface area is 157 Å². The Bertz CT molecular complexity index is 847. The smallest absolute Gasteiger partial charge is 0.417 e. The van der Waals surface area contributed by atoms with Gasteiger partial charge in [0.1, 0.15) is 11.5 Å². The van der Waals surface area contributed by atoms with Crippen molar-refractivity contribution in [3.05, 3.63) is 46.6 Å². The molecule has 0 aliphatic heterocycles. The van der Waals surface area contributed by atoms with Gasteiger partial charge in [-0.2, -0.15) is 35.8 Å². The molecule has 5 nitrogen and oxygen atoms in total. The maximum absolute atomic E-state index is 12.6. The lowest BCUT2D eigenvalue weighted by Crippen LogP contribution is -2.07. The van der Waals surface area contributed by atoms with E-state index in [9.17, 15) is 30.7 Å². The number of hydrogen-bond donors (Lipinski definition) is 1. The van der Waals surface area contributed by atoms with Gasteiger partial charge in [0.05, 0.1) is 16.8 Å². The van der Waals surface area contributed by atoms with Gasteiger partial charge in [-0.25, -0.2) is 4.98 Å². The summed E-state index contributed by atoms with van der Waals surface area (Å²) >= 11 is 5.68. The summed E-state index contributed by atoms with van der Waals surface area (Å²) in [5, 5.41) is 3.21. The highest BCUT2D eigenvalue weighted by atomic mass is 35.5. The first-order valence-electron chi connectivity index (χ1n) is 7.11. The molecule has 0 saturated carbocycles. The average Bonchev–Trinajstić information content (AvgIpc) is 2.56. The monoisotopic (exact) mass is 431 g/mol. The minimum absolute atomic E-state index is 0.0718. The summed E-state index contributed by atoms with van der Waals surface area (Å²) in [7, 11) is 0. The molecule has 0 amide bonds. The summed E-state index contributed by atoms with van der Waals surface area (Å²) in [6, 6.07) is 3.56. The van der Waals surface area contributed by atoms with E-state index < -0.39 is 41.5 Å². The van der Waals surface area contributed by atoms with Gasteiger partial charge in [0.15, 0.2) is 5.82 Å². The molecular formula is C15H9ClF7N3O2. The molecule has 0 unspecified atom stereocenters. The zero-order valence-electron chi connectivity index (χ0n) is 13.4. The number of halogens is 8. The molecule has 2 aromatic rings. The van der Waals surface area contributed by atoms with Crippen LogP contribution in [-0.2, 0) is 6.18 Å². The Morgan fingerprint density at radius 3 is 2.32 bits per heavy atom. The number of nitrogens with one attached hydrogen (secondary N) is 1. The summed E-state index contributed by atoms with van der Waals surface area (Å²) in [5.74, 6) is -1.19. The Kier molecular flexibility index (Phi) is 6.89. The minimum atomic E-state index is -4.64. The van der Waals surface area contributed by atoms with Crippen molar-refractivity contribution in [1.29, 1.82) is 0 Å². The van der Waals surface area contributed by atoms with Crippen LogP contribution in [0.1, 0.15) is 11.1 Å².